The number of benzene rings is 4. The van der Waals surface area contributed by atoms with E-state index in [4.69, 9.17) is 14.2 Å². The van der Waals surface area contributed by atoms with Crippen molar-refractivity contribution in [2.45, 2.75) is 74.5 Å². The SMILES string of the molecule is O=C(COc1ccc(C2CCC(=O)NC2=O)cc1)NCCCCCCNC(=O)COc1ccc(N(CC(F)(F)F)S(=O)(=O)C2CC3O[C@H]2C(c2ccc(O)cc2)=C3c2ccc(O)cc2)cc1. The number of hydrogen-bond acceptors (Lipinski definition) is 11. The Balaban J connectivity index is 0.839. The highest BCUT2D eigenvalue weighted by Crippen LogP contribution is 2.51. The number of carbonyl (C=O) groups is 4. The van der Waals surface area contributed by atoms with Crippen molar-refractivity contribution in [1.29, 1.82) is 0 Å². The van der Waals surface area contributed by atoms with Crippen molar-refractivity contribution in [1.82, 2.24) is 16.0 Å². The van der Waals surface area contributed by atoms with Crippen molar-refractivity contribution >= 4 is 50.5 Å². The number of fused-ring (bicyclic) bond motifs is 2. The summed E-state index contributed by atoms with van der Waals surface area (Å²) in [5, 5.41) is 26.3. The fraction of sp³-hybridized carbons (Fsp3) is 0.362. The molecular formula is C47H49F3N4O11S. The Bertz CT molecular complexity index is 2520. The molecule has 0 saturated carbocycles. The number of unbranched alkanes of at least 4 members (excludes halogenated alkanes) is 3. The number of phenolic OH excluding ortho intramolecular Hbond substituents is 2. The molecule has 7 rings (SSSR count). The molecule has 4 aromatic rings. The highest BCUT2D eigenvalue weighted by Gasteiger charge is 2.55. The Morgan fingerprint density at radius 1 is 0.742 bits per heavy atom. The predicted molar refractivity (Wildman–Crippen MR) is 236 cm³/mol. The topological polar surface area (TPSA) is 210 Å². The van der Waals surface area contributed by atoms with Crippen LogP contribution in [0.3, 0.4) is 0 Å². The lowest BCUT2D eigenvalue weighted by molar-refractivity contribution is -0.134. The largest absolute Gasteiger partial charge is 0.508 e. The molecule has 3 aliphatic heterocycles. The molecule has 0 radical (unpaired) electrons. The second kappa shape index (κ2) is 20.7. The van der Waals surface area contributed by atoms with Crippen LogP contribution in [0.5, 0.6) is 23.0 Å². The summed E-state index contributed by atoms with van der Waals surface area (Å²) in [4.78, 5) is 48.2. The maximum atomic E-state index is 14.3. The van der Waals surface area contributed by atoms with Crippen LogP contribution >= 0.6 is 0 Å². The van der Waals surface area contributed by atoms with E-state index in [1.54, 1.807) is 48.5 Å². The number of alkyl halides is 3. The molecule has 66 heavy (non-hydrogen) atoms. The van der Waals surface area contributed by atoms with Gasteiger partial charge in [-0.25, -0.2) is 8.42 Å². The number of phenols is 2. The van der Waals surface area contributed by atoms with Gasteiger partial charge in [0, 0.05) is 19.5 Å². The Kier molecular flexibility index (Phi) is 14.9. The average Bonchev–Trinajstić information content (AvgIpc) is 3.89. The fourth-order valence-corrected chi connectivity index (χ4v) is 10.3. The Morgan fingerprint density at radius 2 is 1.26 bits per heavy atom. The van der Waals surface area contributed by atoms with Crippen LogP contribution in [-0.4, -0.2) is 98.7 Å². The summed E-state index contributed by atoms with van der Waals surface area (Å²) in [6.07, 6.45) is -3.31. The Hall–Kier alpha value is -6.60. The summed E-state index contributed by atoms with van der Waals surface area (Å²) < 4.78 is 88.4. The maximum absolute atomic E-state index is 14.3. The molecule has 15 nitrogen and oxygen atoms in total. The molecule has 5 N–H and O–H groups in total. The lowest BCUT2D eigenvalue weighted by Crippen LogP contribution is -2.47. The molecule has 350 valence electrons. The van der Waals surface area contributed by atoms with Crippen molar-refractivity contribution in [2.24, 2.45) is 0 Å². The fourth-order valence-electron chi connectivity index (χ4n) is 8.27. The number of aromatic hydroxyl groups is 2. The molecule has 3 aliphatic rings. The summed E-state index contributed by atoms with van der Waals surface area (Å²) in [5.74, 6) is -1.16. The van der Waals surface area contributed by atoms with Crippen LogP contribution in [0.25, 0.3) is 11.1 Å². The first kappa shape index (κ1) is 47.4. The zero-order chi connectivity index (χ0) is 47.0. The van der Waals surface area contributed by atoms with E-state index >= 15 is 0 Å². The molecule has 3 unspecified atom stereocenters. The highest BCUT2D eigenvalue weighted by molar-refractivity contribution is 7.93. The molecule has 0 spiro atoms. The van der Waals surface area contributed by atoms with E-state index in [0.29, 0.717) is 64.7 Å². The third-order valence-corrected chi connectivity index (χ3v) is 13.7. The molecule has 4 atom stereocenters. The minimum absolute atomic E-state index is 0.0131. The van der Waals surface area contributed by atoms with Gasteiger partial charge in [0.05, 0.1) is 17.7 Å². The number of sulfonamides is 1. The summed E-state index contributed by atoms with van der Waals surface area (Å²) >= 11 is 0. The molecule has 0 aliphatic carbocycles. The zero-order valence-corrected chi connectivity index (χ0v) is 36.4. The molecule has 2 bridgehead atoms. The van der Waals surface area contributed by atoms with E-state index in [9.17, 15) is 51.0 Å². The van der Waals surface area contributed by atoms with Crippen LogP contribution < -0.4 is 29.7 Å². The van der Waals surface area contributed by atoms with Gasteiger partial charge in [-0.05, 0) is 114 Å². The van der Waals surface area contributed by atoms with Crippen LogP contribution in [0, 0.1) is 0 Å². The van der Waals surface area contributed by atoms with Gasteiger partial charge in [-0.1, -0.05) is 49.2 Å². The van der Waals surface area contributed by atoms with Crippen LogP contribution in [-0.2, 0) is 33.9 Å². The second-order valence-electron chi connectivity index (χ2n) is 16.2. The van der Waals surface area contributed by atoms with Crippen molar-refractivity contribution in [3.05, 3.63) is 114 Å². The predicted octanol–water partition coefficient (Wildman–Crippen LogP) is 5.72. The van der Waals surface area contributed by atoms with Crippen molar-refractivity contribution < 1.29 is 65.2 Å². The van der Waals surface area contributed by atoms with Gasteiger partial charge in [0.15, 0.2) is 13.2 Å². The number of rotatable bonds is 20. The van der Waals surface area contributed by atoms with Gasteiger partial charge in [0.1, 0.15) is 40.9 Å². The van der Waals surface area contributed by atoms with Gasteiger partial charge in [0.2, 0.25) is 21.8 Å². The first-order chi connectivity index (χ1) is 31.6. The molecular weight excluding hydrogens is 886 g/mol. The molecule has 3 heterocycles. The minimum atomic E-state index is -4.91. The van der Waals surface area contributed by atoms with Crippen molar-refractivity contribution in [3.8, 4) is 23.0 Å². The summed E-state index contributed by atoms with van der Waals surface area (Å²) in [7, 11) is -4.74. The molecule has 4 amide bonds. The van der Waals surface area contributed by atoms with E-state index in [1.807, 2.05) is 0 Å². The number of anilines is 1. The van der Waals surface area contributed by atoms with Crippen LogP contribution in [0.1, 0.15) is 67.6 Å². The number of imide groups is 1. The van der Waals surface area contributed by atoms with E-state index in [0.717, 1.165) is 18.4 Å². The number of nitrogens with one attached hydrogen (secondary N) is 3. The number of amides is 4. The number of piperidine rings is 1. The summed E-state index contributed by atoms with van der Waals surface area (Å²) in [6, 6.07) is 24.0. The van der Waals surface area contributed by atoms with Gasteiger partial charge in [-0.3, -0.25) is 28.8 Å². The number of hydrogen-bond donors (Lipinski definition) is 5. The second-order valence-corrected chi connectivity index (χ2v) is 18.2. The first-order valence-corrected chi connectivity index (χ1v) is 23.0. The number of nitrogens with zero attached hydrogens (tertiary/aromatic N) is 1. The molecule has 4 aromatic carbocycles. The monoisotopic (exact) mass is 934 g/mol. The molecule has 2 fully saturated rings. The quantitative estimate of drug-likeness (QED) is 0.0535. The summed E-state index contributed by atoms with van der Waals surface area (Å²) in [6.45, 7) is -1.57. The lowest BCUT2D eigenvalue weighted by Gasteiger charge is -2.32. The molecule has 19 heteroatoms. The molecule has 0 aromatic heterocycles. The number of ether oxygens (including phenoxy) is 3. The van der Waals surface area contributed by atoms with E-state index in [2.05, 4.69) is 16.0 Å². The number of carbonyl (C=O) groups excluding carboxylic acids is 4. The summed E-state index contributed by atoms with van der Waals surface area (Å²) in [5.41, 5.74) is 2.77. The van der Waals surface area contributed by atoms with Gasteiger partial charge in [-0.15, -0.1) is 0 Å². The average molecular weight is 935 g/mol. The van der Waals surface area contributed by atoms with E-state index in [1.165, 1.54) is 48.5 Å². The van der Waals surface area contributed by atoms with Crippen LogP contribution in [0.4, 0.5) is 18.9 Å². The normalized spacial score (nSPS) is 19.3. The maximum Gasteiger partial charge on any atom is 0.407 e. The standard InChI is InChI=1S/C47H49F3N4O11S/c48-47(49,50)28-54(66(61,62)39-25-38-43(30-5-13-33(55)14-6-30)44(45(39)65-38)31-7-15-34(56)16-8-31)32-11-19-36(20-12-32)64-27-42(59)52-24-4-2-1-3-23-51-41(58)26-63-35-17-9-29(10-18-35)37-21-22-40(57)53-46(37)60/h5-20,37-39,45,55-56H,1-4,21-28H2,(H,51,58)(H,52,59)(H,53,57,60)/t37?,38?,39?,45-/m1/s1. The van der Waals surface area contributed by atoms with Gasteiger partial charge in [-0.2, -0.15) is 13.2 Å². The lowest BCUT2D eigenvalue weighted by atomic mass is 9.83. The van der Waals surface area contributed by atoms with Gasteiger partial charge in [0.25, 0.3) is 11.8 Å². The zero-order valence-electron chi connectivity index (χ0n) is 35.6. The number of halogens is 3. The van der Waals surface area contributed by atoms with Crippen LogP contribution in [0.15, 0.2) is 97.1 Å². The first-order valence-electron chi connectivity index (χ1n) is 21.4. The third-order valence-electron chi connectivity index (χ3n) is 11.5. The molecule has 2 saturated heterocycles. The smallest absolute Gasteiger partial charge is 0.407 e. The third kappa shape index (κ3) is 11.8. The van der Waals surface area contributed by atoms with Crippen molar-refractivity contribution in [3.63, 3.8) is 0 Å². The highest BCUT2D eigenvalue weighted by atomic mass is 32.2. The Morgan fingerprint density at radius 3 is 1.77 bits per heavy atom. The van der Waals surface area contributed by atoms with Crippen LogP contribution in [0.2, 0.25) is 0 Å². The minimum Gasteiger partial charge on any atom is -0.508 e. The van der Waals surface area contributed by atoms with E-state index in [-0.39, 0.29) is 66.7 Å². The van der Waals surface area contributed by atoms with Gasteiger partial charge < -0.3 is 35.1 Å². The Labute approximate surface area is 379 Å². The van der Waals surface area contributed by atoms with E-state index < -0.39 is 52.0 Å². The van der Waals surface area contributed by atoms with Gasteiger partial charge >= 0.3 is 6.18 Å². The van der Waals surface area contributed by atoms with Crippen molar-refractivity contribution in [2.75, 3.05) is 37.2 Å².